The highest BCUT2D eigenvalue weighted by Gasteiger charge is 2.35. The Hall–Kier alpha value is -3.10. The minimum Gasteiger partial charge on any atom is -0.478 e. The van der Waals surface area contributed by atoms with E-state index in [0.717, 1.165) is 6.07 Å². The zero-order valence-corrected chi connectivity index (χ0v) is 11.4. The van der Waals surface area contributed by atoms with Gasteiger partial charge >= 0.3 is 12.1 Å². The van der Waals surface area contributed by atoms with Crippen molar-refractivity contribution in [2.75, 3.05) is 5.32 Å². The maximum absolute atomic E-state index is 13.2. The Bertz CT molecular complexity index is 875. The SMILES string of the molecule is O=C(O)c1ccc(C(F)(F)F)n2c(Nc3ccccc3)nnc12. The number of nitrogens with zero attached hydrogens (tertiary/aromatic N) is 3. The number of carboxylic acids is 1. The molecule has 0 radical (unpaired) electrons. The summed E-state index contributed by atoms with van der Waals surface area (Å²) in [5.41, 5.74) is -1.33. The minimum absolute atomic E-state index is 0.221. The van der Waals surface area contributed by atoms with Gasteiger partial charge in [0.2, 0.25) is 5.95 Å². The molecular formula is C14H9F3N4O2. The lowest BCUT2D eigenvalue weighted by Crippen LogP contribution is -2.15. The number of para-hydroxylation sites is 1. The third kappa shape index (κ3) is 2.68. The van der Waals surface area contributed by atoms with Gasteiger partial charge in [-0.1, -0.05) is 18.2 Å². The first-order chi connectivity index (χ1) is 10.9. The highest BCUT2D eigenvalue weighted by Crippen LogP contribution is 2.32. The van der Waals surface area contributed by atoms with Crippen LogP contribution in [0.5, 0.6) is 0 Å². The fraction of sp³-hybridized carbons (Fsp3) is 0.0714. The molecule has 0 aliphatic rings. The highest BCUT2D eigenvalue weighted by atomic mass is 19.4. The van der Waals surface area contributed by atoms with Gasteiger partial charge in [-0.25, -0.2) is 4.79 Å². The summed E-state index contributed by atoms with van der Waals surface area (Å²) < 4.78 is 40.2. The van der Waals surface area contributed by atoms with Crippen LogP contribution in [0.1, 0.15) is 16.1 Å². The van der Waals surface area contributed by atoms with E-state index in [4.69, 9.17) is 5.11 Å². The van der Waals surface area contributed by atoms with Gasteiger partial charge < -0.3 is 10.4 Å². The molecule has 0 aliphatic carbocycles. The summed E-state index contributed by atoms with van der Waals surface area (Å²) in [6.45, 7) is 0. The van der Waals surface area contributed by atoms with E-state index in [1.807, 2.05) is 0 Å². The van der Waals surface area contributed by atoms with Crippen LogP contribution in [0, 0.1) is 0 Å². The summed E-state index contributed by atoms with van der Waals surface area (Å²) in [4.78, 5) is 11.2. The van der Waals surface area contributed by atoms with Gasteiger partial charge in [0.15, 0.2) is 5.65 Å². The second kappa shape index (κ2) is 5.27. The van der Waals surface area contributed by atoms with Gasteiger partial charge in [-0.05, 0) is 24.3 Å². The molecule has 3 aromatic rings. The van der Waals surface area contributed by atoms with Gasteiger partial charge in [0.1, 0.15) is 11.3 Å². The average Bonchev–Trinajstić information content (AvgIpc) is 2.90. The lowest BCUT2D eigenvalue weighted by Gasteiger charge is -2.12. The number of rotatable bonds is 3. The zero-order valence-electron chi connectivity index (χ0n) is 11.4. The predicted molar refractivity (Wildman–Crippen MR) is 74.7 cm³/mol. The maximum atomic E-state index is 13.2. The quantitative estimate of drug-likeness (QED) is 0.774. The molecule has 0 spiro atoms. The first-order valence-electron chi connectivity index (χ1n) is 6.38. The van der Waals surface area contributed by atoms with Gasteiger partial charge in [-0.3, -0.25) is 4.40 Å². The van der Waals surface area contributed by atoms with Gasteiger partial charge in [-0.2, -0.15) is 13.2 Å². The number of pyridine rings is 1. The van der Waals surface area contributed by atoms with Gasteiger partial charge in [0.05, 0.1) is 0 Å². The first kappa shape index (κ1) is 14.8. The number of fused-ring (bicyclic) bond motifs is 1. The Balaban J connectivity index is 2.23. The molecule has 0 aliphatic heterocycles. The van der Waals surface area contributed by atoms with E-state index in [-0.39, 0.29) is 17.2 Å². The number of aromatic nitrogens is 3. The molecule has 0 unspecified atom stereocenters. The number of aromatic carboxylic acids is 1. The number of carbonyl (C=O) groups is 1. The lowest BCUT2D eigenvalue weighted by molar-refractivity contribution is -0.141. The van der Waals surface area contributed by atoms with Crippen LogP contribution in [0.15, 0.2) is 42.5 Å². The number of nitrogens with one attached hydrogen (secondary N) is 1. The van der Waals surface area contributed by atoms with Crippen LogP contribution in [0.3, 0.4) is 0 Å². The molecule has 0 saturated heterocycles. The molecule has 0 bridgehead atoms. The topological polar surface area (TPSA) is 79.5 Å². The van der Waals surface area contributed by atoms with Gasteiger partial charge in [-0.15, -0.1) is 10.2 Å². The van der Waals surface area contributed by atoms with Crippen LogP contribution in [-0.2, 0) is 6.18 Å². The summed E-state index contributed by atoms with van der Waals surface area (Å²) >= 11 is 0. The third-order valence-corrected chi connectivity index (χ3v) is 3.10. The van der Waals surface area contributed by atoms with E-state index in [1.54, 1.807) is 30.3 Å². The van der Waals surface area contributed by atoms with Crippen molar-refractivity contribution < 1.29 is 23.1 Å². The molecule has 1 aromatic carbocycles. The monoisotopic (exact) mass is 322 g/mol. The van der Waals surface area contributed by atoms with Crippen LogP contribution in [0.25, 0.3) is 5.65 Å². The summed E-state index contributed by atoms with van der Waals surface area (Å²) in [6.07, 6.45) is -4.69. The molecular weight excluding hydrogens is 313 g/mol. The maximum Gasteiger partial charge on any atom is 0.431 e. The molecule has 0 atom stereocenters. The largest absolute Gasteiger partial charge is 0.478 e. The lowest BCUT2D eigenvalue weighted by atomic mass is 10.2. The van der Waals surface area contributed by atoms with Crippen molar-refractivity contribution in [2.45, 2.75) is 6.18 Å². The van der Waals surface area contributed by atoms with E-state index in [9.17, 15) is 18.0 Å². The Labute approximate surface area is 127 Å². The van der Waals surface area contributed by atoms with Crippen molar-refractivity contribution in [3.05, 3.63) is 53.7 Å². The van der Waals surface area contributed by atoms with Crippen molar-refractivity contribution in [3.63, 3.8) is 0 Å². The van der Waals surface area contributed by atoms with Crippen molar-refractivity contribution in [1.82, 2.24) is 14.6 Å². The van der Waals surface area contributed by atoms with Crippen molar-refractivity contribution in [3.8, 4) is 0 Å². The van der Waals surface area contributed by atoms with Crippen molar-refractivity contribution >= 4 is 23.3 Å². The fourth-order valence-corrected chi connectivity index (χ4v) is 2.12. The van der Waals surface area contributed by atoms with Crippen LogP contribution >= 0.6 is 0 Å². The normalized spacial score (nSPS) is 11.6. The number of alkyl halides is 3. The minimum atomic E-state index is -4.69. The predicted octanol–water partition coefficient (Wildman–Crippen LogP) is 3.19. The molecule has 2 N–H and O–H groups in total. The fourth-order valence-electron chi connectivity index (χ4n) is 2.12. The summed E-state index contributed by atoms with van der Waals surface area (Å²) in [6, 6.07) is 9.96. The van der Waals surface area contributed by atoms with E-state index in [0.29, 0.717) is 16.2 Å². The van der Waals surface area contributed by atoms with E-state index >= 15 is 0 Å². The third-order valence-electron chi connectivity index (χ3n) is 3.10. The number of carboxylic acid groups (broad SMARTS) is 1. The zero-order chi connectivity index (χ0) is 16.6. The number of halogens is 3. The number of hydrogen-bond acceptors (Lipinski definition) is 4. The molecule has 6 nitrogen and oxygen atoms in total. The number of hydrogen-bond donors (Lipinski definition) is 2. The van der Waals surface area contributed by atoms with Crippen LogP contribution in [0.4, 0.5) is 24.8 Å². The number of benzene rings is 1. The number of anilines is 2. The second-order valence-electron chi connectivity index (χ2n) is 4.61. The summed E-state index contributed by atoms with van der Waals surface area (Å²) in [5.74, 6) is -1.61. The van der Waals surface area contributed by atoms with E-state index < -0.39 is 17.8 Å². The van der Waals surface area contributed by atoms with E-state index in [2.05, 4.69) is 15.5 Å². The highest BCUT2D eigenvalue weighted by molar-refractivity contribution is 5.94. The van der Waals surface area contributed by atoms with Crippen molar-refractivity contribution in [2.24, 2.45) is 0 Å². The average molecular weight is 322 g/mol. The molecule has 118 valence electrons. The Morgan fingerprint density at radius 1 is 1.09 bits per heavy atom. The van der Waals surface area contributed by atoms with Crippen LogP contribution in [-0.4, -0.2) is 25.7 Å². The summed E-state index contributed by atoms with van der Waals surface area (Å²) in [7, 11) is 0. The molecule has 9 heteroatoms. The molecule has 2 aromatic heterocycles. The Kier molecular flexibility index (Phi) is 3.40. The smallest absolute Gasteiger partial charge is 0.431 e. The molecule has 0 amide bonds. The Morgan fingerprint density at radius 3 is 2.39 bits per heavy atom. The van der Waals surface area contributed by atoms with Crippen LogP contribution in [0.2, 0.25) is 0 Å². The summed E-state index contributed by atoms with van der Waals surface area (Å²) in [5, 5.41) is 19.0. The van der Waals surface area contributed by atoms with E-state index in [1.165, 1.54) is 0 Å². The van der Waals surface area contributed by atoms with Gasteiger partial charge in [0, 0.05) is 5.69 Å². The molecule has 0 saturated carbocycles. The second-order valence-corrected chi connectivity index (χ2v) is 4.61. The van der Waals surface area contributed by atoms with Crippen molar-refractivity contribution in [1.29, 1.82) is 0 Å². The van der Waals surface area contributed by atoms with Gasteiger partial charge in [0.25, 0.3) is 0 Å². The molecule has 23 heavy (non-hydrogen) atoms. The van der Waals surface area contributed by atoms with Crippen LogP contribution < -0.4 is 5.32 Å². The molecule has 0 fully saturated rings. The molecule has 2 heterocycles. The molecule has 3 rings (SSSR count). The first-order valence-corrected chi connectivity index (χ1v) is 6.38. The Morgan fingerprint density at radius 2 is 1.78 bits per heavy atom. The standard InChI is InChI=1S/C14H9F3N4O2/c15-14(16,17)10-7-6-9(12(22)23)11-19-20-13(21(10)11)18-8-4-2-1-3-5-8/h1-7H,(H,18,20)(H,22,23).